The Hall–Kier alpha value is -1.78. The van der Waals surface area contributed by atoms with E-state index >= 15 is 0 Å². The molecule has 1 aliphatic carbocycles. The molecular weight excluding hydrogens is 348 g/mol. The molecule has 4 nitrogen and oxygen atoms in total. The van der Waals surface area contributed by atoms with Crippen LogP contribution < -0.4 is 0 Å². The zero-order chi connectivity index (χ0) is 19.9. The lowest BCUT2D eigenvalue weighted by atomic mass is 10.1. The van der Waals surface area contributed by atoms with Crippen molar-refractivity contribution in [1.82, 2.24) is 0 Å². The third-order valence-corrected chi connectivity index (χ3v) is 4.83. The molecule has 2 rings (SSSR count). The van der Waals surface area contributed by atoms with Gasteiger partial charge in [-0.05, 0) is 37.1 Å². The van der Waals surface area contributed by atoms with Crippen molar-refractivity contribution in [2.45, 2.75) is 77.4 Å². The van der Waals surface area contributed by atoms with E-state index in [4.69, 9.17) is 9.47 Å². The van der Waals surface area contributed by atoms with Crippen molar-refractivity contribution in [2.75, 3.05) is 13.2 Å². The van der Waals surface area contributed by atoms with Crippen LogP contribution in [-0.4, -0.2) is 19.0 Å². The second-order valence-corrected chi connectivity index (χ2v) is 7.33. The second-order valence-electron chi connectivity index (χ2n) is 7.33. The summed E-state index contributed by atoms with van der Waals surface area (Å²) in [7, 11) is 0. The van der Waals surface area contributed by atoms with Gasteiger partial charge in [0.15, 0.2) is 5.79 Å². The molecule has 4 heteroatoms. The molecule has 0 fully saturated rings. The Morgan fingerprint density at radius 1 is 0.821 bits per heavy atom. The summed E-state index contributed by atoms with van der Waals surface area (Å²) in [6.45, 7) is 5.91. The van der Waals surface area contributed by atoms with E-state index in [1.165, 1.54) is 38.5 Å². The van der Waals surface area contributed by atoms with Crippen LogP contribution in [0.4, 0.5) is 5.69 Å². The molecule has 0 amide bonds. The van der Waals surface area contributed by atoms with Crippen LogP contribution in [0.5, 0.6) is 0 Å². The summed E-state index contributed by atoms with van der Waals surface area (Å²) in [6.07, 6.45) is 16.3. The molecule has 0 aliphatic heterocycles. The average Bonchev–Trinajstić information content (AvgIpc) is 2.74. The van der Waals surface area contributed by atoms with E-state index in [-0.39, 0.29) is 0 Å². The van der Waals surface area contributed by atoms with Crippen LogP contribution in [0.2, 0.25) is 0 Å². The molecule has 0 aromatic heterocycles. The number of nitrogens with zero attached hydrogens (tertiary/aromatic N) is 2. The summed E-state index contributed by atoms with van der Waals surface area (Å²) in [4.78, 5) is 0. The average molecular weight is 385 g/mol. The van der Waals surface area contributed by atoms with E-state index in [0.29, 0.717) is 6.42 Å². The lowest BCUT2D eigenvalue weighted by Gasteiger charge is -2.32. The molecule has 0 N–H and O–H groups in total. The molecule has 154 valence electrons. The number of benzene rings is 1. The molecule has 0 heterocycles. The highest BCUT2D eigenvalue weighted by molar-refractivity contribution is 5.35. The van der Waals surface area contributed by atoms with Crippen LogP contribution >= 0.6 is 0 Å². The van der Waals surface area contributed by atoms with Gasteiger partial charge in [-0.25, -0.2) is 0 Å². The minimum absolute atomic E-state index is 0.649. The van der Waals surface area contributed by atoms with Crippen LogP contribution in [0.3, 0.4) is 0 Å². The Morgan fingerprint density at radius 2 is 1.46 bits per heavy atom. The van der Waals surface area contributed by atoms with E-state index in [2.05, 4.69) is 30.2 Å². The molecular formula is C24H36N2O2. The predicted molar refractivity (Wildman–Crippen MR) is 116 cm³/mol. The van der Waals surface area contributed by atoms with Gasteiger partial charge in [-0.2, -0.15) is 10.2 Å². The number of allylic oxidation sites excluding steroid dienone is 1. The number of rotatable bonds is 14. The zero-order valence-electron chi connectivity index (χ0n) is 17.6. The van der Waals surface area contributed by atoms with E-state index in [1.54, 1.807) is 0 Å². The van der Waals surface area contributed by atoms with E-state index in [9.17, 15) is 0 Å². The largest absolute Gasteiger partial charge is 0.346 e. The minimum atomic E-state index is -0.649. The molecule has 0 saturated carbocycles. The smallest absolute Gasteiger partial charge is 0.191 e. The first kappa shape index (κ1) is 22.5. The third kappa shape index (κ3) is 8.49. The van der Waals surface area contributed by atoms with Gasteiger partial charge >= 0.3 is 0 Å². The van der Waals surface area contributed by atoms with Crippen molar-refractivity contribution in [3.8, 4) is 0 Å². The first-order valence-electron chi connectivity index (χ1n) is 10.9. The van der Waals surface area contributed by atoms with Gasteiger partial charge < -0.3 is 9.47 Å². The predicted octanol–water partition coefficient (Wildman–Crippen LogP) is 7.50. The molecule has 0 unspecified atom stereocenters. The topological polar surface area (TPSA) is 43.2 Å². The monoisotopic (exact) mass is 384 g/mol. The third-order valence-electron chi connectivity index (χ3n) is 4.83. The van der Waals surface area contributed by atoms with Gasteiger partial charge in [0, 0.05) is 6.42 Å². The number of hydrogen-bond donors (Lipinski definition) is 0. The Kier molecular flexibility index (Phi) is 10.8. The summed E-state index contributed by atoms with van der Waals surface area (Å²) < 4.78 is 12.4. The minimum Gasteiger partial charge on any atom is -0.346 e. The Balaban J connectivity index is 1.89. The van der Waals surface area contributed by atoms with Gasteiger partial charge in [-0.15, -0.1) is 0 Å². The summed E-state index contributed by atoms with van der Waals surface area (Å²) in [6, 6.07) is 9.79. The lowest BCUT2D eigenvalue weighted by Crippen LogP contribution is -2.35. The molecule has 1 aliphatic rings. The fraction of sp³-hybridized carbons (Fsp3) is 0.583. The zero-order valence-corrected chi connectivity index (χ0v) is 17.6. The van der Waals surface area contributed by atoms with E-state index in [1.807, 2.05) is 42.5 Å². The van der Waals surface area contributed by atoms with Crippen LogP contribution in [0.15, 0.2) is 64.5 Å². The summed E-state index contributed by atoms with van der Waals surface area (Å²) >= 11 is 0. The van der Waals surface area contributed by atoms with Crippen LogP contribution in [-0.2, 0) is 9.47 Å². The molecule has 0 bridgehead atoms. The standard InChI is InChI=1S/C24H36N2O2/c1-3-5-7-12-20-27-24(28-21-13-8-6-4-2)18-16-23(17-19-24)26-25-22-14-10-9-11-15-22/h9-11,14-18H,3-8,12-13,19-21H2,1-2H3. The maximum Gasteiger partial charge on any atom is 0.191 e. The SMILES string of the molecule is CCCCCCOC1(OCCCCCC)C=CC(N=Nc2ccccc2)=CC1. The summed E-state index contributed by atoms with van der Waals surface area (Å²) in [5, 5.41) is 8.64. The normalized spacial score (nSPS) is 15.9. The first-order valence-corrected chi connectivity index (χ1v) is 10.9. The van der Waals surface area contributed by atoms with Crippen molar-refractivity contribution >= 4 is 5.69 Å². The molecule has 28 heavy (non-hydrogen) atoms. The van der Waals surface area contributed by atoms with Crippen molar-refractivity contribution in [2.24, 2.45) is 10.2 Å². The Morgan fingerprint density at radius 3 is 2.00 bits per heavy atom. The van der Waals surface area contributed by atoms with Gasteiger partial charge in [-0.1, -0.05) is 76.6 Å². The van der Waals surface area contributed by atoms with E-state index in [0.717, 1.165) is 37.4 Å². The highest BCUT2D eigenvalue weighted by atomic mass is 16.7. The summed E-state index contributed by atoms with van der Waals surface area (Å²) in [5.74, 6) is -0.649. The molecule has 0 saturated heterocycles. The van der Waals surface area contributed by atoms with Crippen molar-refractivity contribution in [3.05, 3.63) is 54.3 Å². The fourth-order valence-electron chi connectivity index (χ4n) is 3.08. The van der Waals surface area contributed by atoms with Gasteiger partial charge in [0.25, 0.3) is 0 Å². The highest BCUT2D eigenvalue weighted by Crippen LogP contribution is 2.28. The molecule has 1 aromatic rings. The quantitative estimate of drug-likeness (QED) is 0.189. The van der Waals surface area contributed by atoms with Crippen molar-refractivity contribution in [1.29, 1.82) is 0 Å². The number of unbranched alkanes of at least 4 members (excludes halogenated alkanes) is 6. The van der Waals surface area contributed by atoms with Gasteiger partial charge in [0.2, 0.25) is 0 Å². The Labute approximate surface area is 170 Å². The second kappa shape index (κ2) is 13.4. The number of hydrogen-bond acceptors (Lipinski definition) is 4. The lowest BCUT2D eigenvalue weighted by molar-refractivity contribution is -0.204. The van der Waals surface area contributed by atoms with Crippen LogP contribution in [0, 0.1) is 0 Å². The molecule has 0 radical (unpaired) electrons. The van der Waals surface area contributed by atoms with Gasteiger partial charge in [-0.3, -0.25) is 0 Å². The molecule has 0 atom stereocenters. The summed E-state index contributed by atoms with van der Waals surface area (Å²) in [5.41, 5.74) is 1.71. The number of ether oxygens (including phenoxy) is 2. The molecule has 1 aromatic carbocycles. The fourth-order valence-corrected chi connectivity index (χ4v) is 3.08. The first-order chi connectivity index (χ1) is 13.8. The Bertz CT molecular complexity index is 609. The van der Waals surface area contributed by atoms with E-state index < -0.39 is 5.79 Å². The van der Waals surface area contributed by atoms with Gasteiger partial charge in [0.1, 0.15) is 0 Å². The number of azo groups is 1. The van der Waals surface area contributed by atoms with Crippen LogP contribution in [0.25, 0.3) is 0 Å². The highest BCUT2D eigenvalue weighted by Gasteiger charge is 2.30. The maximum absolute atomic E-state index is 6.21. The van der Waals surface area contributed by atoms with Crippen molar-refractivity contribution in [3.63, 3.8) is 0 Å². The van der Waals surface area contributed by atoms with Gasteiger partial charge in [0.05, 0.1) is 24.6 Å². The van der Waals surface area contributed by atoms with Crippen molar-refractivity contribution < 1.29 is 9.47 Å². The van der Waals surface area contributed by atoms with Crippen LogP contribution in [0.1, 0.15) is 71.6 Å². The maximum atomic E-state index is 6.21. The molecule has 0 spiro atoms.